The number of thiophene rings is 2. The third kappa shape index (κ3) is 10.1. The van der Waals surface area contributed by atoms with E-state index in [1.54, 1.807) is 36.6 Å². The van der Waals surface area contributed by atoms with Gasteiger partial charge in [0.1, 0.15) is 11.5 Å². The maximum atomic E-state index is 12.7. The lowest BCUT2D eigenvalue weighted by Gasteiger charge is -2.09. The molecule has 0 radical (unpaired) electrons. The second kappa shape index (κ2) is 16.2. The van der Waals surface area contributed by atoms with Crippen LogP contribution in [0.2, 0.25) is 0 Å². The normalized spacial score (nSPS) is 11.6. The van der Waals surface area contributed by atoms with Crippen molar-refractivity contribution < 1.29 is 47.2 Å². The Kier molecular flexibility index (Phi) is 12.1. The van der Waals surface area contributed by atoms with Crippen LogP contribution in [0.3, 0.4) is 0 Å². The maximum Gasteiger partial charge on any atom is 0.573 e. The summed E-state index contributed by atoms with van der Waals surface area (Å²) in [4.78, 5) is 38.5. The Bertz CT molecular complexity index is 1720. The molecule has 0 aliphatic rings. The van der Waals surface area contributed by atoms with Crippen LogP contribution in [-0.2, 0) is 11.3 Å². The number of halogens is 3. The first-order valence-corrected chi connectivity index (χ1v) is 15.6. The number of aliphatic hydroxyl groups is 1. The first-order valence-electron chi connectivity index (χ1n) is 13.9. The Hall–Kier alpha value is -4.77. The van der Waals surface area contributed by atoms with E-state index >= 15 is 0 Å². The molecule has 248 valence electrons. The number of rotatable bonds is 14. The number of carbonyl (C=O) groups excluding carboxylic acids is 3. The number of aliphatic hydroxyl groups excluding tert-OH is 1. The topological polar surface area (TPSA) is 159 Å². The predicted molar refractivity (Wildman–Crippen MR) is 170 cm³/mol. The second-order valence-corrected chi connectivity index (χ2v) is 11.6. The summed E-state index contributed by atoms with van der Waals surface area (Å²) in [5.41, 5.74) is 4.66. The Morgan fingerprint density at radius 3 is 2.23 bits per heavy atom. The Morgan fingerprint density at radius 1 is 0.894 bits per heavy atom. The van der Waals surface area contributed by atoms with Gasteiger partial charge in [0.05, 0.1) is 45.7 Å². The third-order valence-electron chi connectivity index (χ3n) is 6.32. The number of aromatic hydroxyl groups is 1. The van der Waals surface area contributed by atoms with Crippen LogP contribution in [0.1, 0.15) is 47.8 Å². The van der Waals surface area contributed by atoms with Crippen LogP contribution in [0.5, 0.6) is 11.5 Å². The molecule has 0 aliphatic carbocycles. The van der Waals surface area contributed by atoms with Crippen LogP contribution in [-0.4, -0.2) is 66.4 Å². The molecule has 5 N–H and O–H groups in total. The number of benzene rings is 2. The van der Waals surface area contributed by atoms with Crippen molar-refractivity contribution in [1.82, 2.24) is 16.1 Å². The summed E-state index contributed by atoms with van der Waals surface area (Å²) in [7, 11) is 0. The van der Waals surface area contributed by atoms with Gasteiger partial charge < -0.3 is 30.3 Å². The van der Waals surface area contributed by atoms with E-state index in [-0.39, 0.29) is 54.4 Å². The number of hydrogen-bond acceptors (Lipinski definition) is 10. The number of ether oxygens (including phenoxy) is 2. The average molecular weight is 691 g/mol. The van der Waals surface area contributed by atoms with Gasteiger partial charge in [-0.2, -0.15) is 5.10 Å². The number of hydrazone groups is 1. The van der Waals surface area contributed by atoms with Crippen molar-refractivity contribution in [3.8, 4) is 21.9 Å². The van der Waals surface area contributed by atoms with E-state index in [0.29, 0.717) is 33.0 Å². The zero-order chi connectivity index (χ0) is 34.0. The fourth-order valence-electron chi connectivity index (χ4n) is 4.00. The standard InChI is InChI=1S/C31H29F3N4O7S2/c1-18(23-17-46-27(26(23)40)20-6-8-22(9-7-20)45-31(32,33)34)37-38-30(43)25-11-10-24(47-25)29(42)36-16-19-2-4-21(5-3-19)28(41)35-12-14-44-15-13-39/h2-11,17,39-40H,12-16H2,1H3,(H,35,41)(H,36,42)(H,38,43)/b37-18+. The molecule has 0 unspecified atom stereocenters. The fraction of sp³-hybridized carbons (Fsp3) is 0.226. The summed E-state index contributed by atoms with van der Waals surface area (Å²) in [5, 5.41) is 30.5. The van der Waals surface area contributed by atoms with Gasteiger partial charge in [-0.1, -0.05) is 12.1 Å². The smallest absolute Gasteiger partial charge is 0.506 e. The summed E-state index contributed by atoms with van der Waals surface area (Å²) in [6, 6.07) is 14.7. The molecular weight excluding hydrogens is 661 g/mol. The van der Waals surface area contributed by atoms with Gasteiger partial charge in [-0.25, -0.2) is 5.43 Å². The van der Waals surface area contributed by atoms with Crippen LogP contribution in [0.4, 0.5) is 13.2 Å². The Balaban J connectivity index is 1.28. The lowest BCUT2D eigenvalue weighted by molar-refractivity contribution is -0.274. The molecule has 4 rings (SSSR count). The lowest BCUT2D eigenvalue weighted by atomic mass is 10.1. The largest absolute Gasteiger partial charge is 0.573 e. The molecule has 2 aromatic carbocycles. The summed E-state index contributed by atoms with van der Waals surface area (Å²) in [5.74, 6) is -1.78. The number of alkyl halides is 3. The average Bonchev–Trinajstić information content (AvgIpc) is 3.70. The van der Waals surface area contributed by atoms with Crippen molar-refractivity contribution in [3.63, 3.8) is 0 Å². The SMILES string of the molecule is C/C(=N\NC(=O)c1ccc(C(=O)NCc2ccc(C(=O)NCCOCCO)cc2)s1)c1csc(-c2ccc(OC(F)(F)F)cc2)c1O. The Labute approximate surface area is 274 Å². The zero-order valence-corrected chi connectivity index (χ0v) is 26.4. The van der Waals surface area contributed by atoms with Gasteiger partial charge in [0.25, 0.3) is 17.7 Å². The van der Waals surface area contributed by atoms with Gasteiger partial charge in [-0.3, -0.25) is 14.4 Å². The van der Waals surface area contributed by atoms with E-state index in [2.05, 4.69) is 25.9 Å². The maximum absolute atomic E-state index is 12.7. The molecule has 4 aromatic rings. The molecule has 0 atom stereocenters. The first kappa shape index (κ1) is 35.1. The highest BCUT2D eigenvalue weighted by Crippen LogP contribution is 2.39. The molecule has 2 heterocycles. The van der Waals surface area contributed by atoms with Gasteiger partial charge >= 0.3 is 6.36 Å². The highest BCUT2D eigenvalue weighted by Gasteiger charge is 2.31. The summed E-state index contributed by atoms with van der Waals surface area (Å²) < 4.78 is 46.2. The van der Waals surface area contributed by atoms with Gasteiger partial charge in [0.2, 0.25) is 0 Å². The summed E-state index contributed by atoms with van der Waals surface area (Å²) in [6.07, 6.45) is -4.81. The molecule has 3 amide bonds. The highest BCUT2D eigenvalue weighted by molar-refractivity contribution is 7.16. The van der Waals surface area contributed by atoms with Crippen LogP contribution in [0.25, 0.3) is 10.4 Å². The molecular formula is C31H29F3N4O7S2. The van der Waals surface area contributed by atoms with Crippen molar-refractivity contribution in [1.29, 1.82) is 0 Å². The van der Waals surface area contributed by atoms with E-state index in [9.17, 15) is 32.7 Å². The summed E-state index contributed by atoms with van der Waals surface area (Å²) >= 11 is 2.11. The lowest BCUT2D eigenvalue weighted by Crippen LogP contribution is -2.27. The molecule has 11 nitrogen and oxygen atoms in total. The van der Waals surface area contributed by atoms with Crippen molar-refractivity contribution in [3.05, 3.63) is 92.5 Å². The molecule has 0 bridgehead atoms. The number of hydrogen-bond donors (Lipinski definition) is 5. The molecule has 0 saturated carbocycles. The molecule has 2 aromatic heterocycles. The quantitative estimate of drug-likeness (QED) is 0.0715. The van der Waals surface area contributed by atoms with E-state index < -0.39 is 18.2 Å². The van der Waals surface area contributed by atoms with Crippen molar-refractivity contribution in [2.45, 2.75) is 19.8 Å². The van der Waals surface area contributed by atoms with Crippen LogP contribution >= 0.6 is 22.7 Å². The van der Waals surface area contributed by atoms with Gasteiger partial charge in [-0.05, 0) is 66.6 Å². The Morgan fingerprint density at radius 2 is 1.57 bits per heavy atom. The highest BCUT2D eigenvalue weighted by atomic mass is 32.1. The minimum atomic E-state index is -4.81. The third-order valence-corrected chi connectivity index (χ3v) is 8.42. The number of amides is 3. The molecule has 0 saturated heterocycles. The first-order chi connectivity index (χ1) is 22.4. The fourth-order valence-corrected chi connectivity index (χ4v) is 5.83. The van der Waals surface area contributed by atoms with E-state index in [1.807, 2.05) is 0 Å². The number of nitrogens with one attached hydrogen (secondary N) is 3. The molecule has 0 fully saturated rings. The number of carbonyl (C=O) groups is 3. The zero-order valence-electron chi connectivity index (χ0n) is 24.7. The van der Waals surface area contributed by atoms with Crippen LogP contribution in [0, 0.1) is 0 Å². The van der Waals surface area contributed by atoms with Crippen LogP contribution in [0.15, 0.2) is 71.1 Å². The van der Waals surface area contributed by atoms with E-state index in [0.717, 1.165) is 40.4 Å². The monoisotopic (exact) mass is 690 g/mol. The van der Waals surface area contributed by atoms with Crippen LogP contribution < -0.4 is 20.8 Å². The van der Waals surface area contributed by atoms with Crippen molar-refractivity contribution in [2.75, 3.05) is 26.4 Å². The minimum Gasteiger partial charge on any atom is -0.506 e. The summed E-state index contributed by atoms with van der Waals surface area (Å²) in [6.45, 7) is 2.45. The predicted octanol–water partition coefficient (Wildman–Crippen LogP) is 4.90. The van der Waals surface area contributed by atoms with Gasteiger partial charge in [-0.15, -0.1) is 35.8 Å². The molecule has 16 heteroatoms. The van der Waals surface area contributed by atoms with Crippen molar-refractivity contribution >= 4 is 46.1 Å². The van der Waals surface area contributed by atoms with E-state index in [1.165, 1.54) is 24.3 Å². The number of nitrogens with zero attached hydrogens (tertiary/aromatic N) is 1. The van der Waals surface area contributed by atoms with Gasteiger partial charge in [0.15, 0.2) is 0 Å². The van der Waals surface area contributed by atoms with Gasteiger partial charge in [0, 0.05) is 24.0 Å². The van der Waals surface area contributed by atoms with Crippen molar-refractivity contribution in [2.24, 2.45) is 5.10 Å². The molecule has 0 aliphatic heterocycles. The second-order valence-electron chi connectivity index (χ2n) is 9.67. The van der Waals surface area contributed by atoms with E-state index in [4.69, 9.17) is 9.84 Å². The molecule has 47 heavy (non-hydrogen) atoms. The minimum absolute atomic E-state index is 0.0879. The molecule has 0 spiro atoms.